The highest BCUT2D eigenvalue weighted by Gasteiger charge is 2.18. The third-order valence-corrected chi connectivity index (χ3v) is 3.93. The lowest BCUT2D eigenvalue weighted by atomic mass is 10.3. The van der Waals surface area contributed by atoms with Crippen molar-refractivity contribution in [2.24, 2.45) is 21.1 Å². The quantitative estimate of drug-likeness (QED) is 0.691. The molecule has 0 aliphatic carbocycles. The smallest absolute Gasteiger partial charge is 0.332 e. The number of hydrogen-bond donors (Lipinski definition) is 0. The van der Waals surface area contributed by atoms with Gasteiger partial charge >= 0.3 is 11.7 Å². The van der Waals surface area contributed by atoms with Gasteiger partial charge in [-0.1, -0.05) is 22.0 Å². The molecule has 1 aromatic carbocycles. The molecule has 114 valence electrons. The van der Waals surface area contributed by atoms with Crippen LogP contribution in [-0.4, -0.2) is 18.7 Å². The number of nitrogens with zero attached hydrogens (tertiary/aromatic N) is 4. The molecule has 2 aromatic heterocycles. The first kappa shape index (κ1) is 14.6. The van der Waals surface area contributed by atoms with Crippen LogP contribution in [0.4, 0.5) is 0 Å². The fraction of sp³-hybridized carbons (Fsp3) is 0.214. The van der Waals surface area contributed by atoms with Crippen molar-refractivity contribution in [2.75, 3.05) is 0 Å². The van der Waals surface area contributed by atoms with Gasteiger partial charge in [0, 0.05) is 25.6 Å². The molecule has 0 fully saturated rings. The predicted octanol–water partition coefficient (Wildman–Crippen LogP) is 1.53. The van der Waals surface area contributed by atoms with Gasteiger partial charge in [-0.2, -0.15) is 4.98 Å². The van der Waals surface area contributed by atoms with Crippen LogP contribution in [-0.2, 0) is 21.1 Å². The molecule has 0 bridgehead atoms. The number of rotatable bonds is 2. The van der Waals surface area contributed by atoms with Gasteiger partial charge in [0.2, 0.25) is 0 Å². The molecule has 0 spiro atoms. The molecule has 0 saturated carbocycles. The van der Waals surface area contributed by atoms with E-state index < -0.39 is 11.2 Å². The minimum atomic E-state index is -0.426. The zero-order valence-corrected chi connectivity index (χ0v) is 13.8. The molecule has 7 nitrogen and oxygen atoms in total. The molecule has 8 heteroatoms. The van der Waals surface area contributed by atoms with Crippen molar-refractivity contribution in [3.63, 3.8) is 0 Å². The molecule has 0 aliphatic heterocycles. The number of benzene rings is 1. The molecule has 2 heterocycles. The van der Waals surface area contributed by atoms with Gasteiger partial charge in [0.1, 0.15) is 5.75 Å². The Balaban J connectivity index is 2.23. The SMILES string of the molecule is Cn1c(=O)c2c(nc(Oc3cccc(Br)c3)n2C)n(C)c1=O. The summed E-state index contributed by atoms with van der Waals surface area (Å²) >= 11 is 3.36. The molecule has 0 saturated heterocycles. The summed E-state index contributed by atoms with van der Waals surface area (Å²) in [6.07, 6.45) is 0. The molecule has 0 atom stereocenters. The monoisotopic (exact) mass is 364 g/mol. The Kier molecular flexibility index (Phi) is 3.40. The average molecular weight is 365 g/mol. The number of ether oxygens (including phenoxy) is 1. The van der Waals surface area contributed by atoms with Gasteiger partial charge in [-0.25, -0.2) is 4.79 Å². The number of aromatic nitrogens is 4. The van der Waals surface area contributed by atoms with Crippen LogP contribution in [0.25, 0.3) is 11.2 Å². The average Bonchev–Trinajstić information content (AvgIpc) is 2.80. The highest BCUT2D eigenvalue weighted by Crippen LogP contribution is 2.25. The van der Waals surface area contributed by atoms with Gasteiger partial charge in [0.25, 0.3) is 5.56 Å². The zero-order chi connectivity index (χ0) is 16.0. The summed E-state index contributed by atoms with van der Waals surface area (Å²) < 4.78 is 10.5. The van der Waals surface area contributed by atoms with Gasteiger partial charge in [0.05, 0.1) is 0 Å². The first-order valence-corrected chi connectivity index (χ1v) is 7.25. The van der Waals surface area contributed by atoms with Gasteiger partial charge in [-0.15, -0.1) is 0 Å². The maximum atomic E-state index is 12.3. The number of fused-ring (bicyclic) bond motifs is 1. The molecule has 3 aromatic rings. The van der Waals surface area contributed by atoms with Gasteiger partial charge < -0.3 is 4.74 Å². The lowest BCUT2D eigenvalue weighted by Gasteiger charge is -2.05. The Hall–Kier alpha value is -2.35. The third kappa shape index (κ3) is 2.16. The standard InChI is InChI=1S/C14H13BrN4O3/c1-17-10-11(18(2)14(21)19(3)12(10)20)16-13(17)22-9-6-4-5-8(15)7-9/h4-7H,1-3H3. The molecule has 0 radical (unpaired) electrons. The number of hydrogen-bond acceptors (Lipinski definition) is 4. The minimum Gasteiger partial charge on any atom is -0.425 e. The summed E-state index contributed by atoms with van der Waals surface area (Å²) in [6, 6.07) is 7.52. The Labute approximate surface area is 133 Å². The van der Waals surface area contributed by atoms with Crippen molar-refractivity contribution < 1.29 is 4.74 Å². The molecular weight excluding hydrogens is 352 g/mol. The van der Waals surface area contributed by atoms with Gasteiger partial charge in [-0.05, 0) is 18.2 Å². The van der Waals surface area contributed by atoms with Gasteiger partial charge in [-0.3, -0.25) is 18.5 Å². The van der Waals surface area contributed by atoms with Crippen molar-refractivity contribution in [3.8, 4) is 11.8 Å². The molecule has 0 unspecified atom stereocenters. The summed E-state index contributed by atoms with van der Waals surface area (Å²) in [4.78, 5) is 28.5. The third-order valence-electron chi connectivity index (χ3n) is 3.44. The summed E-state index contributed by atoms with van der Waals surface area (Å²) in [5.74, 6) is 0.578. The molecular formula is C14H13BrN4O3. The Morgan fingerprint density at radius 2 is 1.82 bits per heavy atom. The summed E-state index contributed by atoms with van der Waals surface area (Å²) in [6.45, 7) is 0. The van der Waals surface area contributed by atoms with Crippen molar-refractivity contribution >= 4 is 27.1 Å². The van der Waals surface area contributed by atoms with Crippen molar-refractivity contribution in [3.05, 3.63) is 49.6 Å². The fourth-order valence-electron chi connectivity index (χ4n) is 2.23. The summed E-state index contributed by atoms with van der Waals surface area (Å²) in [5, 5.41) is 0. The van der Waals surface area contributed by atoms with Crippen LogP contribution in [0.3, 0.4) is 0 Å². The van der Waals surface area contributed by atoms with Crippen molar-refractivity contribution in [1.82, 2.24) is 18.7 Å². The first-order chi connectivity index (χ1) is 10.4. The van der Waals surface area contributed by atoms with E-state index in [-0.39, 0.29) is 6.01 Å². The maximum Gasteiger partial charge on any atom is 0.332 e. The molecule has 0 N–H and O–H groups in total. The molecule has 0 aliphatic rings. The number of aryl methyl sites for hydroxylation is 2. The molecule has 22 heavy (non-hydrogen) atoms. The second-order valence-corrected chi connectivity index (χ2v) is 5.81. The van der Waals surface area contributed by atoms with Crippen LogP contribution >= 0.6 is 15.9 Å². The normalized spacial score (nSPS) is 11.1. The van der Waals surface area contributed by atoms with E-state index in [1.165, 1.54) is 16.2 Å². The van der Waals surface area contributed by atoms with E-state index in [4.69, 9.17) is 4.74 Å². The van der Waals surface area contributed by atoms with Crippen LogP contribution < -0.4 is 16.0 Å². The zero-order valence-electron chi connectivity index (χ0n) is 12.2. The van der Waals surface area contributed by atoms with E-state index in [0.717, 1.165) is 9.04 Å². The van der Waals surface area contributed by atoms with E-state index in [9.17, 15) is 9.59 Å². The fourth-order valence-corrected chi connectivity index (χ4v) is 2.60. The van der Waals surface area contributed by atoms with Crippen LogP contribution in [0.1, 0.15) is 0 Å². The predicted molar refractivity (Wildman–Crippen MR) is 85.4 cm³/mol. The van der Waals surface area contributed by atoms with Crippen LogP contribution in [0.2, 0.25) is 0 Å². The lowest BCUT2D eigenvalue weighted by molar-refractivity contribution is 0.427. The largest absolute Gasteiger partial charge is 0.425 e. The summed E-state index contributed by atoms with van der Waals surface area (Å²) in [7, 11) is 4.68. The van der Waals surface area contributed by atoms with E-state index in [2.05, 4.69) is 20.9 Å². The van der Waals surface area contributed by atoms with Gasteiger partial charge in [0.15, 0.2) is 11.2 Å². The second kappa shape index (κ2) is 5.13. The van der Waals surface area contributed by atoms with Crippen LogP contribution in [0, 0.1) is 0 Å². The highest BCUT2D eigenvalue weighted by atomic mass is 79.9. The molecule has 0 amide bonds. The lowest BCUT2D eigenvalue weighted by Crippen LogP contribution is -2.37. The second-order valence-electron chi connectivity index (χ2n) is 4.89. The minimum absolute atomic E-state index is 0.242. The maximum absolute atomic E-state index is 12.3. The first-order valence-electron chi connectivity index (χ1n) is 6.46. The number of imidazole rings is 1. The van der Waals surface area contributed by atoms with E-state index in [1.807, 2.05) is 12.1 Å². The Morgan fingerprint density at radius 3 is 2.50 bits per heavy atom. The molecule has 3 rings (SSSR count). The van der Waals surface area contributed by atoms with E-state index in [0.29, 0.717) is 16.9 Å². The Morgan fingerprint density at radius 1 is 1.09 bits per heavy atom. The van der Waals surface area contributed by atoms with E-state index >= 15 is 0 Å². The van der Waals surface area contributed by atoms with E-state index in [1.54, 1.807) is 26.2 Å². The van der Waals surface area contributed by atoms with Crippen molar-refractivity contribution in [2.45, 2.75) is 0 Å². The van der Waals surface area contributed by atoms with Crippen LogP contribution in [0.15, 0.2) is 38.3 Å². The highest BCUT2D eigenvalue weighted by molar-refractivity contribution is 9.10. The number of halogens is 1. The Bertz CT molecular complexity index is 1000. The topological polar surface area (TPSA) is 71.1 Å². The van der Waals surface area contributed by atoms with Crippen LogP contribution in [0.5, 0.6) is 11.8 Å². The van der Waals surface area contributed by atoms with Crippen molar-refractivity contribution in [1.29, 1.82) is 0 Å². The summed E-state index contributed by atoms with van der Waals surface area (Å²) in [5.41, 5.74) is -0.225.